The second-order valence-electron chi connectivity index (χ2n) is 4.25. The maximum Gasteiger partial charge on any atom is 0.322 e. The first-order valence-electron chi connectivity index (χ1n) is 5.34. The number of carbonyl (C=O) groups is 2. The van der Waals surface area contributed by atoms with Crippen molar-refractivity contribution in [2.75, 3.05) is 7.11 Å². The van der Waals surface area contributed by atoms with Crippen LogP contribution in [0.4, 0.5) is 0 Å². The number of aldehydes is 1. The Kier molecular flexibility index (Phi) is 5.82. The molecule has 4 heteroatoms. The number of allylic oxidation sites excluding steroid dienone is 2. The van der Waals surface area contributed by atoms with E-state index in [0.717, 1.165) is 0 Å². The van der Waals surface area contributed by atoms with Gasteiger partial charge in [0.05, 0.1) is 0 Å². The zero-order valence-electron chi connectivity index (χ0n) is 10.7. The van der Waals surface area contributed by atoms with Gasteiger partial charge in [-0.15, -0.1) is 13.2 Å². The van der Waals surface area contributed by atoms with Crippen LogP contribution in [-0.4, -0.2) is 25.2 Å². The van der Waals surface area contributed by atoms with Gasteiger partial charge in [-0.3, -0.25) is 4.79 Å². The van der Waals surface area contributed by atoms with Crippen LogP contribution in [0, 0.1) is 5.41 Å². The third-order valence-electron chi connectivity index (χ3n) is 2.48. The summed E-state index contributed by atoms with van der Waals surface area (Å²) in [5.74, 6) is -1.69. The van der Waals surface area contributed by atoms with Crippen LogP contribution in [0.3, 0.4) is 0 Å². The van der Waals surface area contributed by atoms with Crippen LogP contribution in [0.15, 0.2) is 25.3 Å². The topological polar surface area (TPSA) is 52.6 Å². The van der Waals surface area contributed by atoms with Gasteiger partial charge >= 0.3 is 5.97 Å². The first-order valence-corrected chi connectivity index (χ1v) is 5.34. The molecule has 0 amide bonds. The Morgan fingerprint density at radius 3 is 2.00 bits per heavy atom. The van der Waals surface area contributed by atoms with E-state index in [4.69, 9.17) is 9.47 Å². The summed E-state index contributed by atoms with van der Waals surface area (Å²) in [6.07, 6.45) is 4.03. The van der Waals surface area contributed by atoms with Gasteiger partial charge in [-0.1, -0.05) is 12.2 Å². The molecular weight excluding hydrogens is 220 g/mol. The molecule has 0 saturated heterocycles. The van der Waals surface area contributed by atoms with Crippen molar-refractivity contribution in [3.63, 3.8) is 0 Å². The largest absolute Gasteiger partial charge is 0.433 e. The lowest BCUT2D eigenvalue weighted by Gasteiger charge is -2.30. The molecule has 0 rings (SSSR count). The standard InChI is InChI=1S/C13H20O4/c1-6-8-13(10-14,9-7-2)11(15)17-12(3,4)16-5/h6-7,10H,1-2,8-9H2,3-5H3. The monoisotopic (exact) mass is 240 g/mol. The van der Waals surface area contributed by atoms with E-state index in [1.165, 1.54) is 19.3 Å². The number of ether oxygens (including phenoxy) is 2. The molecule has 0 saturated carbocycles. The summed E-state index contributed by atoms with van der Waals surface area (Å²) in [6.45, 7) is 10.3. The molecular formula is C13H20O4. The molecule has 0 fully saturated rings. The number of hydrogen-bond donors (Lipinski definition) is 0. The Balaban J connectivity index is 5.04. The van der Waals surface area contributed by atoms with Crippen LogP contribution in [0.1, 0.15) is 26.7 Å². The minimum atomic E-state index is -1.25. The lowest BCUT2D eigenvalue weighted by molar-refractivity contribution is -0.214. The summed E-state index contributed by atoms with van der Waals surface area (Å²) >= 11 is 0. The Labute approximate surface area is 102 Å². The van der Waals surface area contributed by atoms with Gasteiger partial charge in [-0.25, -0.2) is 0 Å². The summed E-state index contributed by atoms with van der Waals surface area (Å²) in [4.78, 5) is 23.2. The predicted octanol–water partition coefficient (Wildman–Crippen LogP) is 2.25. The van der Waals surface area contributed by atoms with Crippen LogP contribution in [0.2, 0.25) is 0 Å². The number of hydrogen-bond acceptors (Lipinski definition) is 4. The highest BCUT2D eigenvalue weighted by Gasteiger charge is 2.40. The highest BCUT2D eigenvalue weighted by Crippen LogP contribution is 2.29. The molecule has 0 aliphatic rings. The van der Waals surface area contributed by atoms with Gasteiger partial charge in [-0.05, 0) is 12.8 Å². The molecule has 0 unspecified atom stereocenters. The fourth-order valence-corrected chi connectivity index (χ4v) is 1.28. The molecule has 17 heavy (non-hydrogen) atoms. The van der Waals surface area contributed by atoms with Gasteiger partial charge in [-0.2, -0.15) is 0 Å². The average molecular weight is 240 g/mol. The minimum Gasteiger partial charge on any atom is -0.433 e. The van der Waals surface area contributed by atoms with Crippen LogP contribution in [0.5, 0.6) is 0 Å². The third-order valence-corrected chi connectivity index (χ3v) is 2.48. The van der Waals surface area contributed by atoms with Crippen molar-refractivity contribution in [3.05, 3.63) is 25.3 Å². The Bertz CT molecular complexity index is 295. The summed E-state index contributed by atoms with van der Waals surface area (Å²) in [7, 11) is 1.43. The predicted molar refractivity (Wildman–Crippen MR) is 65.3 cm³/mol. The van der Waals surface area contributed by atoms with Crippen LogP contribution >= 0.6 is 0 Å². The molecule has 0 aromatic rings. The van der Waals surface area contributed by atoms with Gasteiger partial charge < -0.3 is 14.3 Å². The molecule has 0 radical (unpaired) electrons. The molecule has 0 aliphatic heterocycles. The number of methoxy groups -OCH3 is 1. The van der Waals surface area contributed by atoms with E-state index in [2.05, 4.69) is 13.2 Å². The van der Waals surface area contributed by atoms with E-state index < -0.39 is 17.2 Å². The van der Waals surface area contributed by atoms with Crippen molar-refractivity contribution in [1.29, 1.82) is 0 Å². The summed E-state index contributed by atoms with van der Waals surface area (Å²) in [6, 6.07) is 0. The van der Waals surface area contributed by atoms with Crippen molar-refractivity contribution < 1.29 is 19.1 Å². The summed E-state index contributed by atoms with van der Waals surface area (Å²) in [5.41, 5.74) is -1.25. The first-order chi connectivity index (χ1) is 7.87. The lowest BCUT2D eigenvalue weighted by Crippen LogP contribution is -2.40. The summed E-state index contributed by atoms with van der Waals surface area (Å²) in [5, 5.41) is 0. The maximum atomic E-state index is 12.0. The maximum absolute atomic E-state index is 12.0. The fraction of sp³-hybridized carbons (Fsp3) is 0.538. The Morgan fingerprint density at radius 2 is 1.71 bits per heavy atom. The normalized spacial score (nSPS) is 11.7. The first kappa shape index (κ1) is 15.6. The van der Waals surface area contributed by atoms with Gasteiger partial charge in [0.25, 0.3) is 0 Å². The fourth-order valence-electron chi connectivity index (χ4n) is 1.28. The van der Waals surface area contributed by atoms with Crippen LogP contribution in [-0.2, 0) is 19.1 Å². The number of carbonyl (C=O) groups excluding carboxylic acids is 2. The van der Waals surface area contributed by atoms with Crippen molar-refractivity contribution in [2.45, 2.75) is 32.5 Å². The molecule has 0 atom stereocenters. The number of rotatable bonds is 8. The molecule has 96 valence electrons. The molecule has 0 spiro atoms. The van der Waals surface area contributed by atoms with Crippen molar-refractivity contribution in [2.24, 2.45) is 5.41 Å². The highest BCUT2D eigenvalue weighted by atomic mass is 16.7. The highest BCUT2D eigenvalue weighted by molar-refractivity contribution is 5.93. The number of esters is 1. The molecule has 0 aromatic heterocycles. The zero-order valence-corrected chi connectivity index (χ0v) is 10.7. The Morgan fingerprint density at radius 1 is 1.24 bits per heavy atom. The molecule has 0 aliphatic carbocycles. The van der Waals surface area contributed by atoms with E-state index >= 15 is 0 Å². The molecule has 4 nitrogen and oxygen atoms in total. The van der Waals surface area contributed by atoms with Crippen molar-refractivity contribution >= 4 is 12.3 Å². The third kappa shape index (κ3) is 4.15. The van der Waals surface area contributed by atoms with Gasteiger partial charge in [0.2, 0.25) is 5.79 Å². The van der Waals surface area contributed by atoms with Gasteiger partial charge in [0.1, 0.15) is 11.7 Å². The Hall–Kier alpha value is -1.42. The van der Waals surface area contributed by atoms with E-state index in [0.29, 0.717) is 6.29 Å². The molecule has 0 aromatic carbocycles. The van der Waals surface area contributed by atoms with Gasteiger partial charge in [0, 0.05) is 21.0 Å². The van der Waals surface area contributed by atoms with Crippen LogP contribution < -0.4 is 0 Å². The second-order valence-corrected chi connectivity index (χ2v) is 4.25. The molecule has 0 N–H and O–H groups in total. The summed E-state index contributed by atoms with van der Waals surface area (Å²) < 4.78 is 10.2. The zero-order chi connectivity index (χ0) is 13.5. The van der Waals surface area contributed by atoms with Gasteiger partial charge in [0.15, 0.2) is 0 Å². The quantitative estimate of drug-likeness (QED) is 0.215. The average Bonchev–Trinajstić information content (AvgIpc) is 2.28. The molecule has 0 bridgehead atoms. The lowest BCUT2D eigenvalue weighted by atomic mass is 9.82. The van der Waals surface area contributed by atoms with E-state index in [-0.39, 0.29) is 12.8 Å². The van der Waals surface area contributed by atoms with Crippen molar-refractivity contribution in [3.8, 4) is 0 Å². The van der Waals surface area contributed by atoms with E-state index in [1.54, 1.807) is 13.8 Å². The molecule has 0 heterocycles. The van der Waals surface area contributed by atoms with E-state index in [1.807, 2.05) is 0 Å². The SMILES string of the molecule is C=CCC(C=O)(CC=C)C(=O)OC(C)(C)OC. The van der Waals surface area contributed by atoms with Crippen molar-refractivity contribution in [1.82, 2.24) is 0 Å². The smallest absolute Gasteiger partial charge is 0.322 e. The van der Waals surface area contributed by atoms with E-state index in [9.17, 15) is 9.59 Å². The minimum absolute atomic E-state index is 0.209. The van der Waals surface area contributed by atoms with Crippen LogP contribution in [0.25, 0.3) is 0 Å². The second kappa shape index (κ2) is 6.35.